The van der Waals surface area contributed by atoms with Gasteiger partial charge in [-0.2, -0.15) is 0 Å². The number of hydrogen-bond donors (Lipinski definition) is 3. The van der Waals surface area contributed by atoms with E-state index in [4.69, 9.17) is 9.47 Å². The second kappa shape index (κ2) is 9.46. The highest BCUT2D eigenvalue weighted by Gasteiger charge is 2.04. The number of hydrogen-bond acceptors (Lipinski definition) is 4. The maximum absolute atomic E-state index is 11.4. The molecule has 0 atom stereocenters. The highest BCUT2D eigenvalue weighted by atomic mass is 16.5. The molecule has 0 aliphatic rings. The molecular weight excluding hydrogens is 274 g/mol. The minimum absolute atomic E-state index is 0.0239. The van der Waals surface area contributed by atoms with Gasteiger partial charge in [0.1, 0.15) is 0 Å². The van der Waals surface area contributed by atoms with Gasteiger partial charge in [0.05, 0.1) is 6.61 Å². The summed E-state index contributed by atoms with van der Waals surface area (Å²) in [5.74, 6) is 1.07. The Morgan fingerprint density at radius 2 is 1.62 bits per heavy atom. The number of nitrogens with one attached hydrogen (secondary N) is 3. The average molecular weight is 295 g/mol. The summed E-state index contributed by atoms with van der Waals surface area (Å²) in [6, 6.07) is 6.87. The van der Waals surface area contributed by atoms with Crippen molar-refractivity contribution >= 4 is 11.9 Å². The van der Waals surface area contributed by atoms with Crippen LogP contribution in [0.25, 0.3) is 0 Å². The van der Waals surface area contributed by atoms with E-state index in [2.05, 4.69) is 16.0 Å². The number of amides is 3. The average Bonchev–Trinajstić information content (AvgIpc) is 2.45. The van der Waals surface area contributed by atoms with Crippen molar-refractivity contribution in [1.82, 2.24) is 16.0 Å². The Morgan fingerprint density at radius 3 is 2.24 bits per heavy atom. The number of carbonyl (C=O) groups is 2. The number of rotatable bonds is 8. The highest BCUT2D eigenvalue weighted by Crippen LogP contribution is 2.25. The Morgan fingerprint density at radius 1 is 1.00 bits per heavy atom. The van der Waals surface area contributed by atoms with Gasteiger partial charge in [-0.1, -0.05) is 12.1 Å². The molecule has 0 unspecified atom stereocenters. The molecule has 0 heterocycles. The van der Waals surface area contributed by atoms with Crippen LogP contribution < -0.4 is 25.4 Å². The summed E-state index contributed by atoms with van der Waals surface area (Å²) in [7, 11) is 0. The van der Waals surface area contributed by atoms with Gasteiger partial charge >= 0.3 is 6.03 Å². The third kappa shape index (κ3) is 7.05. The van der Waals surface area contributed by atoms with Crippen LogP contribution in [-0.4, -0.2) is 38.4 Å². The lowest BCUT2D eigenvalue weighted by atomic mass is 10.3. The summed E-state index contributed by atoms with van der Waals surface area (Å²) < 4.78 is 10.8. The van der Waals surface area contributed by atoms with E-state index in [1.54, 1.807) is 12.1 Å². The Labute approximate surface area is 124 Å². The van der Waals surface area contributed by atoms with Crippen LogP contribution >= 0.6 is 0 Å². The first kappa shape index (κ1) is 16.6. The van der Waals surface area contributed by atoms with Crippen molar-refractivity contribution in [2.45, 2.75) is 13.8 Å². The van der Waals surface area contributed by atoms with Crippen LogP contribution in [0.1, 0.15) is 13.8 Å². The molecule has 0 radical (unpaired) electrons. The number of urea groups is 1. The van der Waals surface area contributed by atoms with Crippen LogP contribution in [0.5, 0.6) is 11.5 Å². The van der Waals surface area contributed by atoms with Crippen molar-refractivity contribution < 1.29 is 19.1 Å². The van der Waals surface area contributed by atoms with E-state index in [1.807, 2.05) is 19.1 Å². The van der Waals surface area contributed by atoms with Gasteiger partial charge in [0, 0.05) is 20.0 Å². The molecule has 0 aliphatic carbocycles. The van der Waals surface area contributed by atoms with Crippen LogP contribution in [0.4, 0.5) is 4.79 Å². The van der Waals surface area contributed by atoms with Crippen molar-refractivity contribution in [3.63, 3.8) is 0 Å². The van der Waals surface area contributed by atoms with Gasteiger partial charge in [-0.3, -0.25) is 4.79 Å². The molecule has 0 saturated heterocycles. The Hall–Kier alpha value is -2.44. The van der Waals surface area contributed by atoms with Crippen molar-refractivity contribution in [2.75, 3.05) is 26.4 Å². The van der Waals surface area contributed by atoms with E-state index in [-0.39, 0.29) is 18.7 Å². The number of benzene rings is 1. The van der Waals surface area contributed by atoms with Crippen LogP contribution in [0, 0.1) is 0 Å². The topological polar surface area (TPSA) is 88.7 Å². The first-order valence-electron chi connectivity index (χ1n) is 6.74. The normalized spacial score (nSPS) is 9.62. The lowest BCUT2D eigenvalue weighted by Crippen LogP contribution is -2.41. The predicted molar refractivity (Wildman–Crippen MR) is 78.3 cm³/mol. The molecule has 7 heteroatoms. The van der Waals surface area contributed by atoms with E-state index in [9.17, 15) is 9.59 Å². The first-order chi connectivity index (χ1) is 10.1. The van der Waals surface area contributed by atoms with Gasteiger partial charge in [0.2, 0.25) is 5.91 Å². The number of ether oxygens (including phenoxy) is 2. The molecule has 0 fully saturated rings. The maximum Gasteiger partial charge on any atom is 0.317 e. The quantitative estimate of drug-likeness (QED) is 0.490. The number of carbonyl (C=O) groups excluding carboxylic acids is 2. The fourth-order valence-corrected chi connectivity index (χ4v) is 1.50. The molecule has 3 amide bonds. The third-order valence-electron chi connectivity index (χ3n) is 2.39. The second-order valence-corrected chi connectivity index (χ2v) is 4.08. The molecule has 1 rings (SSSR count). The second-order valence-electron chi connectivity index (χ2n) is 4.08. The molecule has 0 saturated carbocycles. The summed E-state index contributed by atoms with van der Waals surface area (Å²) in [6.07, 6.45) is 0. The third-order valence-corrected chi connectivity index (χ3v) is 2.39. The van der Waals surface area contributed by atoms with Gasteiger partial charge in [-0.25, -0.2) is 4.79 Å². The maximum atomic E-state index is 11.4. The molecule has 0 aromatic heterocycles. The van der Waals surface area contributed by atoms with Crippen LogP contribution in [0.15, 0.2) is 24.3 Å². The van der Waals surface area contributed by atoms with Crippen molar-refractivity contribution in [2.24, 2.45) is 0 Å². The van der Waals surface area contributed by atoms with E-state index in [0.717, 1.165) is 0 Å². The summed E-state index contributed by atoms with van der Waals surface area (Å²) in [6.45, 7) is 4.60. The smallest absolute Gasteiger partial charge is 0.317 e. The Kier molecular flexibility index (Phi) is 7.49. The molecule has 7 nitrogen and oxygen atoms in total. The van der Waals surface area contributed by atoms with Crippen molar-refractivity contribution in [3.05, 3.63) is 24.3 Å². The predicted octanol–water partition coefficient (Wildman–Crippen LogP) is 0.857. The molecule has 116 valence electrons. The SMILES string of the molecule is CCOc1ccccc1OCNC(=O)NCCNC(C)=O. The zero-order chi connectivity index (χ0) is 15.5. The van der Waals surface area contributed by atoms with Crippen LogP contribution in [-0.2, 0) is 4.79 Å². The lowest BCUT2D eigenvalue weighted by Gasteiger charge is -2.12. The van der Waals surface area contributed by atoms with Gasteiger partial charge in [-0.05, 0) is 19.1 Å². The van der Waals surface area contributed by atoms with Crippen LogP contribution in [0.2, 0.25) is 0 Å². The van der Waals surface area contributed by atoms with Gasteiger partial charge in [-0.15, -0.1) is 0 Å². The zero-order valence-corrected chi connectivity index (χ0v) is 12.3. The van der Waals surface area contributed by atoms with E-state index >= 15 is 0 Å². The molecule has 1 aromatic rings. The zero-order valence-electron chi connectivity index (χ0n) is 12.3. The van der Waals surface area contributed by atoms with E-state index in [0.29, 0.717) is 31.2 Å². The number of para-hydroxylation sites is 2. The van der Waals surface area contributed by atoms with E-state index in [1.165, 1.54) is 6.92 Å². The van der Waals surface area contributed by atoms with Crippen molar-refractivity contribution in [1.29, 1.82) is 0 Å². The Bertz CT molecular complexity index is 465. The van der Waals surface area contributed by atoms with E-state index < -0.39 is 0 Å². The highest BCUT2D eigenvalue weighted by molar-refractivity contribution is 5.74. The Balaban J connectivity index is 2.24. The summed E-state index contributed by atoms with van der Waals surface area (Å²) in [4.78, 5) is 22.1. The first-order valence-corrected chi connectivity index (χ1v) is 6.74. The van der Waals surface area contributed by atoms with Gasteiger partial charge in [0.15, 0.2) is 18.2 Å². The van der Waals surface area contributed by atoms with Gasteiger partial charge in [0.25, 0.3) is 0 Å². The summed E-state index contributed by atoms with van der Waals surface area (Å²) >= 11 is 0. The molecule has 0 spiro atoms. The van der Waals surface area contributed by atoms with Crippen molar-refractivity contribution in [3.8, 4) is 11.5 Å². The minimum Gasteiger partial charge on any atom is -0.490 e. The summed E-state index contributed by atoms with van der Waals surface area (Å²) in [5.41, 5.74) is 0. The largest absolute Gasteiger partial charge is 0.490 e. The lowest BCUT2D eigenvalue weighted by molar-refractivity contribution is -0.118. The van der Waals surface area contributed by atoms with Crippen LogP contribution in [0.3, 0.4) is 0 Å². The molecular formula is C14H21N3O4. The standard InChI is InChI=1S/C14H21N3O4/c1-3-20-12-6-4-5-7-13(12)21-10-17-14(19)16-9-8-15-11(2)18/h4-7H,3,8-10H2,1-2H3,(H,15,18)(H2,16,17,19). The minimum atomic E-state index is -0.366. The molecule has 0 aliphatic heterocycles. The summed E-state index contributed by atoms with van der Waals surface area (Å²) in [5, 5.41) is 7.71. The molecule has 21 heavy (non-hydrogen) atoms. The molecule has 1 aromatic carbocycles. The fraction of sp³-hybridized carbons (Fsp3) is 0.429. The molecule has 3 N–H and O–H groups in total. The van der Waals surface area contributed by atoms with Gasteiger partial charge < -0.3 is 25.4 Å². The fourth-order valence-electron chi connectivity index (χ4n) is 1.50. The monoisotopic (exact) mass is 295 g/mol. The molecule has 0 bridgehead atoms.